The lowest BCUT2D eigenvalue weighted by atomic mass is 10.0. The number of benzene rings is 2. The molecule has 1 unspecified atom stereocenters. The maximum atomic E-state index is 13.7. The summed E-state index contributed by atoms with van der Waals surface area (Å²) in [4.78, 5) is 0. The summed E-state index contributed by atoms with van der Waals surface area (Å²) < 4.78 is 19.7. The van der Waals surface area contributed by atoms with E-state index in [2.05, 4.69) is 15.9 Å². The van der Waals surface area contributed by atoms with Crippen molar-refractivity contribution >= 4 is 15.9 Å². The predicted octanol–water partition coefficient (Wildman–Crippen LogP) is 3.87. The minimum Gasteiger partial charge on any atom is -0.496 e. The highest BCUT2D eigenvalue weighted by Crippen LogP contribution is 2.27. The van der Waals surface area contributed by atoms with Crippen LogP contribution in [0, 0.1) is 5.82 Å². The third-order valence-electron chi connectivity index (χ3n) is 2.92. The van der Waals surface area contributed by atoms with E-state index >= 15 is 0 Å². The lowest BCUT2D eigenvalue weighted by Crippen LogP contribution is -2.05. The molecule has 0 radical (unpaired) electrons. The zero-order chi connectivity index (χ0) is 13.8. The molecule has 2 aromatic carbocycles. The van der Waals surface area contributed by atoms with Crippen LogP contribution in [0.1, 0.15) is 17.2 Å². The molecule has 0 heterocycles. The minimum atomic E-state index is -0.909. The fraction of sp³-hybridized carbons (Fsp3) is 0.200. The van der Waals surface area contributed by atoms with E-state index in [1.165, 1.54) is 6.07 Å². The molecule has 19 heavy (non-hydrogen) atoms. The molecule has 2 aromatic rings. The Labute approximate surface area is 120 Å². The number of para-hydroxylation sites is 1. The number of aliphatic hydroxyl groups excluding tert-OH is 1. The smallest absolute Gasteiger partial charge is 0.129 e. The van der Waals surface area contributed by atoms with Gasteiger partial charge in [0, 0.05) is 16.5 Å². The summed E-state index contributed by atoms with van der Waals surface area (Å²) in [6.45, 7) is 0. The molecule has 1 N–H and O–H groups in total. The van der Waals surface area contributed by atoms with Crippen LogP contribution in [0.3, 0.4) is 0 Å². The lowest BCUT2D eigenvalue weighted by Gasteiger charge is -2.14. The van der Waals surface area contributed by atoms with Crippen LogP contribution in [0.2, 0.25) is 0 Å². The molecule has 0 aliphatic rings. The topological polar surface area (TPSA) is 29.5 Å². The van der Waals surface area contributed by atoms with E-state index in [4.69, 9.17) is 4.74 Å². The van der Waals surface area contributed by atoms with E-state index in [1.54, 1.807) is 19.2 Å². The van der Waals surface area contributed by atoms with Gasteiger partial charge in [0.05, 0.1) is 13.2 Å². The number of ether oxygens (including phenoxy) is 1. The maximum absolute atomic E-state index is 13.7. The van der Waals surface area contributed by atoms with Crippen LogP contribution in [0.4, 0.5) is 4.39 Å². The molecule has 0 spiro atoms. The van der Waals surface area contributed by atoms with Crippen LogP contribution in [-0.4, -0.2) is 12.2 Å². The first-order valence-corrected chi connectivity index (χ1v) is 6.66. The fourth-order valence-electron chi connectivity index (χ4n) is 1.96. The molecule has 0 aromatic heterocycles. The van der Waals surface area contributed by atoms with E-state index in [1.807, 2.05) is 24.3 Å². The fourth-order valence-corrected chi connectivity index (χ4v) is 2.34. The molecular weight excluding hydrogens is 311 g/mol. The number of rotatable bonds is 4. The minimum absolute atomic E-state index is 0.278. The van der Waals surface area contributed by atoms with Crippen LogP contribution >= 0.6 is 15.9 Å². The molecule has 0 fully saturated rings. The van der Waals surface area contributed by atoms with Gasteiger partial charge in [0.15, 0.2) is 0 Å². The summed E-state index contributed by atoms with van der Waals surface area (Å²) in [5.41, 5.74) is 1.12. The van der Waals surface area contributed by atoms with Gasteiger partial charge in [-0.1, -0.05) is 34.1 Å². The van der Waals surface area contributed by atoms with Crippen molar-refractivity contribution in [3.63, 3.8) is 0 Å². The van der Waals surface area contributed by atoms with Crippen molar-refractivity contribution in [1.29, 1.82) is 0 Å². The average molecular weight is 325 g/mol. The Morgan fingerprint density at radius 1 is 1.26 bits per heavy atom. The van der Waals surface area contributed by atoms with Gasteiger partial charge in [-0.15, -0.1) is 0 Å². The van der Waals surface area contributed by atoms with Gasteiger partial charge < -0.3 is 9.84 Å². The first-order valence-electron chi connectivity index (χ1n) is 5.86. The number of methoxy groups -OCH3 is 1. The number of hydrogen-bond donors (Lipinski definition) is 1. The summed E-state index contributed by atoms with van der Waals surface area (Å²) in [6, 6.07) is 11.9. The first-order chi connectivity index (χ1) is 9.11. The second-order valence-electron chi connectivity index (χ2n) is 4.20. The van der Waals surface area contributed by atoms with Gasteiger partial charge in [-0.25, -0.2) is 4.39 Å². The highest BCUT2D eigenvalue weighted by Gasteiger charge is 2.15. The van der Waals surface area contributed by atoms with Crippen LogP contribution in [0.25, 0.3) is 0 Å². The summed E-state index contributed by atoms with van der Waals surface area (Å²) in [6.07, 6.45) is -0.606. The molecule has 0 bridgehead atoms. The lowest BCUT2D eigenvalue weighted by molar-refractivity contribution is 0.172. The van der Waals surface area contributed by atoms with E-state index in [-0.39, 0.29) is 5.56 Å². The van der Waals surface area contributed by atoms with Gasteiger partial charge in [0.2, 0.25) is 0 Å². The van der Waals surface area contributed by atoms with E-state index in [9.17, 15) is 9.50 Å². The summed E-state index contributed by atoms with van der Waals surface area (Å²) in [7, 11) is 1.57. The standard InChI is InChI=1S/C15H14BrFO2/c1-19-15-5-3-2-4-10(15)8-14(18)12-9-11(16)6-7-13(12)17/h2-7,9,14,18H,8H2,1H3. The number of hydrogen-bond acceptors (Lipinski definition) is 2. The second-order valence-corrected chi connectivity index (χ2v) is 5.11. The van der Waals surface area contributed by atoms with Crippen LogP contribution in [0.15, 0.2) is 46.9 Å². The van der Waals surface area contributed by atoms with Crippen molar-refractivity contribution < 1.29 is 14.2 Å². The zero-order valence-corrected chi connectivity index (χ0v) is 12.0. The van der Waals surface area contributed by atoms with Crippen LogP contribution in [-0.2, 0) is 6.42 Å². The monoisotopic (exact) mass is 324 g/mol. The third-order valence-corrected chi connectivity index (χ3v) is 3.42. The van der Waals surface area contributed by atoms with Crippen molar-refractivity contribution in [2.45, 2.75) is 12.5 Å². The maximum Gasteiger partial charge on any atom is 0.129 e. The molecule has 0 amide bonds. The molecule has 0 aliphatic carbocycles. The van der Waals surface area contributed by atoms with Crippen LogP contribution < -0.4 is 4.74 Å². The predicted molar refractivity (Wildman–Crippen MR) is 75.8 cm³/mol. The van der Waals surface area contributed by atoms with Gasteiger partial charge in [-0.05, 0) is 29.8 Å². The molecule has 2 nitrogen and oxygen atoms in total. The van der Waals surface area contributed by atoms with E-state index in [0.29, 0.717) is 12.2 Å². The summed E-state index contributed by atoms with van der Waals surface area (Å²) in [5, 5.41) is 10.2. The van der Waals surface area contributed by atoms with Crippen LogP contribution in [0.5, 0.6) is 5.75 Å². The SMILES string of the molecule is COc1ccccc1CC(O)c1cc(Br)ccc1F. The largest absolute Gasteiger partial charge is 0.496 e. The molecule has 2 rings (SSSR count). The molecule has 0 aliphatic heterocycles. The molecule has 100 valence electrons. The second kappa shape index (κ2) is 6.17. The Hall–Kier alpha value is -1.39. The average Bonchev–Trinajstić information content (AvgIpc) is 2.42. The molecular formula is C15H14BrFO2. The molecule has 0 saturated carbocycles. The van der Waals surface area contributed by atoms with Gasteiger partial charge in [-0.2, -0.15) is 0 Å². The van der Waals surface area contributed by atoms with Crippen molar-refractivity contribution in [2.75, 3.05) is 7.11 Å². The normalized spacial score (nSPS) is 12.2. The Balaban J connectivity index is 2.25. The quantitative estimate of drug-likeness (QED) is 0.925. The van der Waals surface area contributed by atoms with Gasteiger partial charge in [-0.3, -0.25) is 0 Å². The number of halogens is 2. The Morgan fingerprint density at radius 3 is 2.74 bits per heavy atom. The van der Waals surface area contributed by atoms with Crippen molar-refractivity contribution in [3.8, 4) is 5.75 Å². The molecule has 1 atom stereocenters. The van der Waals surface area contributed by atoms with Crippen molar-refractivity contribution in [2.24, 2.45) is 0 Å². The van der Waals surface area contributed by atoms with Crippen molar-refractivity contribution in [3.05, 3.63) is 63.9 Å². The first kappa shape index (κ1) is 14.0. The van der Waals surface area contributed by atoms with Gasteiger partial charge in [0.1, 0.15) is 11.6 Å². The highest BCUT2D eigenvalue weighted by molar-refractivity contribution is 9.10. The van der Waals surface area contributed by atoms with Gasteiger partial charge >= 0.3 is 0 Å². The van der Waals surface area contributed by atoms with Crippen molar-refractivity contribution in [1.82, 2.24) is 0 Å². The van der Waals surface area contributed by atoms with Gasteiger partial charge in [0.25, 0.3) is 0 Å². The summed E-state index contributed by atoms with van der Waals surface area (Å²) >= 11 is 3.28. The van der Waals surface area contributed by atoms with E-state index in [0.717, 1.165) is 10.0 Å². The molecule has 4 heteroatoms. The van der Waals surface area contributed by atoms with E-state index < -0.39 is 11.9 Å². The molecule has 0 saturated heterocycles. The Morgan fingerprint density at radius 2 is 2.00 bits per heavy atom. The highest BCUT2D eigenvalue weighted by atomic mass is 79.9. The zero-order valence-electron chi connectivity index (χ0n) is 10.4. The Bertz CT molecular complexity index is 572. The third kappa shape index (κ3) is 3.33. The Kier molecular flexibility index (Phi) is 4.56. The summed E-state index contributed by atoms with van der Waals surface area (Å²) in [5.74, 6) is 0.280. The number of aliphatic hydroxyl groups is 1.